The highest BCUT2D eigenvalue weighted by Gasteiger charge is 2.27. The first kappa shape index (κ1) is 19.5. The van der Waals surface area contributed by atoms with E-state index in [1.807, 2.05) is 48.5 Å². The van der Waals surface area contributed by atoms with Crippen molar-refractivity contribution in [3.63, 3.8) is 0 Å². The molecule has 0 fully saturated rings. The van der Waals surface area contributed by atoms with Crippen LogP contribution in [0.3, 0.4) is 0 Å². The van der Waals surface area contributed by atoms with Gasteiger partial charge in [-0.05, 0) is 29.8 Å². The summed E-state index contributed by atoms with van der Waals surface area (Å²) >= 11 is 1.16. The zero-order chi connectivity index (χ0) is 20.9. The number of para-hydroxylation sites is 1. The number of hydrogen-bond acceptors (Lipinski definition) is 6. The predicted octanol–water partition coefficient (Wildman–Crippen LogP) is 3.56. The first-order valence-electron chi connectivity index (χ1n) is 9.00. The summed E-state index contributed by atoms with van der Waals surface area (Å²) in [5, 5.41) is 10.4. The Labute approximate surface area is 176 Å². The third kappa shape index (κ3) is 4.11. The number of benzene rings is 2. The molecule has 0 aliphatic heterocycles. The Morgan fingerprint density at radius 2 is 1.67 bits per heavy atom. The third-order valence-corrected chi connectivity index (χ3v) is 5.40. The summed E-state index contributed by atoms with van der Waals surface area (Å²) in [5.74, 6) is 0.493. The summed E-state index contributed by atoms with van der Waals surface area (Å²) in [4.78, 5) is 24.0. The summed E-state index contributed by atoms with van der Waals surface area (Å²) in [6, 6.07) is 21.2. The molecule has 4 aromatic rings. The number of carbonyl (C=O) groups excluding carboxylic acids is 2. The number of nitrogens with two attached hydrogens (primary N) is 1. The second-order valence-electron chi connectivity index (χ2n) is 6.22. The van der Waals surface area contributed by atoms with Crippen molar-refractivity contribution in [2.45, 2.75) is 10.4 Å². The van der Waals surface area contributed by atoms with Gasteiger partial charge in [0.2, 0.25) is 11.7 Å². The van der Waals surface area contributed by atoms with Gasteiger partial charge in [-0.1, -0.05) is 60.3 Å². The fourth-order valence-corrected chi connectivity index (χ4v) is 3.97. The molecule has 3 N–H and O–H groups in total. The van der Waals surface area contributed by atoms with E-state index in [1.54, 1.807) is 35.1 Å². The van der Waals surface area contributed by atoms with E-state index in [-0.39, 0.29) is 0 Å². The average molecular weight is 419 g/mol. The first-order valence-corrected chi connectivity index (χ1v) is 9.88. The first-order chi connectivity index (χ1) is 14.6. The number of carbonyl (C=O) groups is 2. The van der Waals surface area contributed by atoms with Crippen LogP contribution in [0, 0.1) is 0 Å². The Bertz CT molecular complexity index is 1140. The average Bonchev–Trinajstić information content (AvgIpc) is 3.42. The van der Waals surface area contributed by atoms with Crippen LogP contribution in [0.25, 0.3) is 17.3 Å². The van der Waals surface area contributed by atoms with Crippen LogP contribution in [-0.4, -0.2) is 26.7 Å². The fraction of sp³-hybridized carbons (Fsp3) is 0.0476. The highest BCUT2D eigenvalue weighted by molar-refractivity contribution is 8.00. The lowest BCUT2D eigenvalue weighted by Crippen LogP contribution is -2.37. The zero-order valence-corrected chi connectivity index (χ0v) is 16.5. The minimum atomic E-state index is -0.915. The number of nitrogens with zero attached hydrogens (tertiary/aromatic N) is 3. The number of furan rings is 1. The minimum absolute atomic E-state index is 0.459. The SMILES string of the molecule is NC(=O)NC(=O)C(Sc1nnc(-c2ccco2)n1-c1ccccc1)c1ccccc1. The van der Waals surface area contributed by atoms with E-state index in [2.05, 4.69) is 15.5 Å². The summed E-state index contributed by atoms with van der Waals surface area (Å²) < 4.78 is 7.31. The highest BCUT2D eigenvalue weighted by Crippen LogP contribution is 2.37. The maximum atomic E-state index is 12.7. The molecule has 0 bridgehead atoms. The summed E-state index contributed by atoms with van der Waals surface area (Å²) in [5.41, 5.74) is 6.67. The fourth-order valence-electron chi connectivity index (χ4n) is 2.91. The second kappa shape index (κ2) is 8.66. The molecule has 9 heteroatoms. The molecule has 2 heterocycles. The second-order valence-corrected chi connectivity index (χ2v) is 7.29. The number of hydrogen-bond donors (Lipinski definition) is 2. The number of thioether (sulfide) groups is 1. The van der Waals surface area contributed by atoms with Crippen molar-refractivity contribution in [3.8, 4) is 17.3 Å². The molecule has 0 aliphatic rings. The Balaban J connectivity index is 1.79. The molecule has 0 saturated heterocycles. The number of aromatic nitrogens is 3. The number of imide groups is 1. The van der Waals surface area contributed by atoms with Gasteiger partial charge in [-0.2, -0.15) is 0 Å². The van der Waals surface area contributed by atoms with Gasteiger partial charge in [0.25, 0.3) is 0 Å². The molecule has 3 amide bonds. The highest BCUT2D eigenvalue weighted by atomic mass is 32.2. The normalized spacial score (nSPS) is 11.7. The molecular formula is C21H17N5O3S. The van der Waals surface area contributed by atoms with E-state index in [0.29, 0.717) is 22.3 Å². The lowest BCUT2D eigenvalue weighted by atomic mass is 10.1. The van der Waals surface area contributed by atoms with Gasteiger partial charge in [-0.3, -0.25) is 14.7 Å². The monoisotopic (exact) mass is 419 g/mol. The maximum absolute atomic E-state index is 12.7. The van der Waals surface area contributed by atoms with Crippen LogP contribution in [0.15, 0.2) is 88.6 Å². The molecule has 0 radical (unpaired) electrons. The maximum Gasteiger partial charge on any atom is 0.318 e. The van der Waals surface area contributed by atoms with Crippen LogP contribution in [0.2, 0.25) is 0 Å². The van der Waals surface area contributed by atoms with Crippen molar-refractivity contribution in [2.24, 2.45) is 5.73 Å². The van der Waals surface area contributed by atoms with Gasteiger partial charge in [0, 0.05) is 5.69 Å². The smallest absolute Gasteiger partial charge is 0.318 e. The van der Waals surface area contributed by atoms with Crippen LogP contribution in [0.5, 0.6) is 0 Å². The number of amides is 3. The number of urea groups is 1. The van der Waals surface area contributed by atoms with Gasteiger partial charge >= 0.3 is 6.03 Å². The summed E-state index contributed by atoms with van der Waals surface area (Å²) in [6.07, 6.45) is 1.55. The van der Waals surface area contributed by atoms with E-state index < -0.39 is 17.2 Å². The molecule has 0 aliphatic carbocycles. The largest absolute Gasteiger partial charge is 0.461 e. The van der Waals surface area contributed by atoms with E-state index >= 15 is 0 Å². The van der Waals surface area contributed by atoms with Crippen molar-refractivity contribution in [2.75, 3.05) is 0 Å². The van der Waals surface area contributed by atoms with E-state index in [1.165, 1.54) is 0 Å². The van der Waals surface area contributed by atoms with Gasteiger partial charge in [-0.15, -0.1) is 10.2 Å². The van der Waals surface area contributed by atoms with Gasteiger partial charge in [0.15, 0.2) is 10.9 Å². The minimum Gasteiger partial charge on any atom is -0.461 e. The molecule has 0 spiro atoms. The standard InChI is InChI=1S/C21H17N5O3S/c22-20(28)23-19(27)17(14-8-3-1-4-9-14)30-21-25-24-18(16-12-7-13-29-16)26(21)15-10-5-2-6-11-15/h1-13,17H,(H3,22,23,27,28). The van der Waals surface area contributed by atoms with Crippen molar-refractivity contribution in [3.05, 3.63) is 84.6 Å². The van der Waals surface area contributed by atoms with Gasteiger partial charge in [0.1, 0.15) is 5.25 Å². The summed E-state index contributed by atoms with van der Waals surface area (Å²) in [7, 11) is 0. The van der Waals surface area contributed by atoms with E-state index in [0.717, 1.165) is 17.4 Å². The Kier molecular flexibility index (Phi) is 5.62. The molecule has 2 aromatic carbocycles. The van der Waals surface area contributed by atoms with Crippen LogP contribution >= 0.6 is 11.8 Å². The Morgan fingerprint density at radius 1 is 0.967 bits per heavy atom. The number of nitrogens with one attached hydrogen (secondary N) is 1. The van der Waals surface area contributed by atoms with E-state index in [9.17, 15) is 9.59 Å². The van der Waals surface area contributed by atoms with Crippen molar-refractivity contribution in [1.29, 1.82) is 0 Å². The quantitative estimate of drug-likeness (QED) is 0.462. The van der Waals surface area contributed by atoms with Crippen LogP contribution in [-0.2, 0) is 4.79 Å². The van der Waals surface area contributed by atoms with Crippen LogP contribution in [0.4, 0.5) is 4.79 Å². The third-order valence-electron chi connectivity index (χ3n) is 4.20. The number of rotatable bonds is 6. The van der Waals surface area contributed by atoms with Gasteiger partial charge in [0.05, 0.1) is 6.26 Å². The van der Waals surface area contributed by atoms with Crippen molar-refractivity contribution in [1.82, 2.24) is 20.1 Å². The molecule has 1 unspecified atom stereocenters. The molecule has 4 rings (SSSR count). The van der Waals surface area contributed by atoms with Crippen molar-refractivity contribution >= 4 is 23.7 Å². The Morgan fingerprint density at radius 3 is 2.30 bits per heavy atom. The molecule has 2 aromatic heterocycles. The molecule has 0 saturated carbocycles. The molecular weight excluding hydrogens is 402 g/mol. The zero-order valence-electron chi connectivity index (χ0n) is 15.6. The Hall–Kier alpha value is -3.85. The van der Waals surface area contributed by atoms with E-state index in [4.69, 9.17) is 10.2 Å². The molecule has 1 atom stereocenters. The number of primary amides is 1. The van der Waals surface area contributed by atoms with Crippen molar-refractivity contribution < 1.29 is 14.0 Å². The molecule has 150 valence electrons. The molecule has 30 heavy (non-hydrogen) atoms. The molecule has 8 nitrogen and oxygen atoms in total. The lowest BCUT2D eigenvalue weighted by Gasteiger charge is -2.16. The predicted molar refractivity (Wildman–Crippen MR) is 112 cm³/mol. The lowest BCUT2D eigenvalue weighted by molar-refractivity contribution is -0.119. The summed E-state index contributed by atoms with van der Waals surface area (Å²) in [6.45, 7) is 0. The van der Waals surface area contributed by atoms with Gasteiger partial charge < -0.3 is 10.2 Å². The van der Waals surface area contributed by atoms with Gasteiger partial charge in [-0.25, -0.2) is 4.79 Å². The topological polar surface area (TPSA) is 116 Å². The van der Waals surface area contributed by atoms with Crippen LogP contribution < -0.4 is 11.1 Å². The van der Waals surface area contributed by atoms with Crippen LogP contribution in [0.1, 0.15) is 10.8 Å².